The molecule has 2 N–H and O–H groups in total. The first kappa shape index (κ1) is 35.3. The fourth-order valence-corrected chi connectivity index (χ4v) is 9.00. The zero-order valence-corrected chi connectivity index (χ0v) is 28.3. The van der Waals surface area contributed by atoms with Crippen molar-refractivity contribution >= 4 is 53.1 Å². The molecule has 0 aliphatic heterocycles. The van der Waals surface area contributed by atoms with Gasteiger partial charge in [-0.1, -0.05) is 51.1 Å². The molecular weight excluding hydrogens is 649 g/mol. The molecule has 2 aromatic heterocycles. The van der Waals surface area contributed by atoms with Crippen LogP contribution in [0.25, 0.3) is 10.2 Å². The highest BCUT2D eigenvalue weighted by Crippen LogP contribution is 2.25. The number of sulfonamides is 1. The van der Waals surface area contributed by atoms with E-state index in [1.54, 1.807) is 29.8 Å². The van der Waals surface area contributed by atoms with Gasteiger partial charge in [-0.25, -0.2) is 21.8 Å². The summed E-state index contributed by atoms with van der Waals surface area (Å²) in [5.74, 6) is -3.77. The van der Waals surface area contributed by atoms with Crippen molar-refractivity contribution in [3.8, 4) is 0 Å². The number of carbonyl (C=O) groups is 2. The van der Waals surface area contributed by atoms with Crippen LogP contribution in [-0.4, -0.2) is 84.6 Å². The van der Waals surface area contributed by atoms with Gasteiger partial charge in [-0.05, 0) is 48.2 Å². The Hall–Kier alpha value is -3.56. The first-order valence-electron chi connectivity index (χ1n) is 14.7. The lowest BCUT2D eigenvalue weighted by Crippen LogP contribution is -2.52. The Morgan fingerprint density at radius 2 is 1.72 bits per heavy atom. The van der Waals surface area contributed by atoms with Crippen molar-refractivity contribution in [3.05, 3.63) is 89.7 Å². The van der Waals surface area contributed by atoms with Crippen molar-refractivity contribution in [1.82, 2.24) is 19.6 Å². The Labute approximate surface area is 273 Å². The lowest BCUT2D eigenvalue weighted by molar-refractivity contribution is -0.125. The number of aromatic nitrogens is 2. The molecule has 0 fully saturated rings. The van der Waals surface area contributed by atoms with Crippen molar-refractivity contribution in [2.45, 2.75) is 44.2 Å². The van der Waals surface area contributed by atoms with Gasteiger partial charge in [0.05, 0.1) is 38.5 Å². The summed E-state index contributed by atoms with van der Waals surface area (Å²) in [7, 11) is -8.02. The van der Waals surface area contributed by atoms with Crippen LogP contribution in [0.4, 0.5) is 0 Å². The molecule has 0 spiro atoms. The fourth-order valence-electron chi connectivity index (χ4n) is 4.96. The summed E-state index contributed by atoms with van der Waals surface area (Å²) in [5.41, 5.74) is 3.26. The van der Waals surface area contributed by atoms with Crippen molar-refractivity contribution in [2.24, 2.45) is 11.8 Å². The molecule has 246 valence electrons. The minimum Gasteiger partial charge on any atom is -0.390 e. The second-order valence-corrected chi connectivity index (χ2v) is 16.6. The van der Waals surface area contributed by atoms with Crippen molar-refractivity contribution < 1.29 is 31.5 Å². The quantitative estimate of drug-likeness (QED) is 0.168. The number of aliphatic hydroxyl groups is 1. The number of thiazole rings is 1. The Kier molecular flexibility index (Phi) is 11.8. The van der Waals surface area contributed by atoms with Gasteiger partial charge in [0.1, 0.15) is 5.75 Å². The maximum absolute atomic E-state index is 13.8. The van der Waals surface area contributed by atoms with Gasteiger partial charge in [-0.2, -0.15) is 4.31 Å². The molecule has 0 bridgehead atoms. The summed E-state index contributed by atoms with van der Waals surface area (Å²) >= 11 is 1.32. The molecule has 0 saturated heterocycles. The number of pyridine rings is 1. The average Bonchev–Trinajstić information content (AvgIpc) is 3.49. The minimum absolute atomic E-state index is 0.0698. The first-order chi connectivity index (χ1) is 21.7. The van der Waals surface area contributed by atoms with E-state index in [0.717, 1.165) is 5.56 Å². The lowest BCUT2D eigenvalue weighted by Gasteiger charge is -2.31. The monoisotopic (exact) mass is 686 g/mol. The number of amides is 1. The van der Waals surface area contributed by atoms with Gasteiger partial charge in [0, 0.05) is 37.0 Å². The SMILES string of the molecule is CC(C)CN(C[C@@H](O)C(Cc1ccccc1)NC(=O)[C@H](C)CS(=O)(=O)CC(=O)c1cccnc1)S(=O)(=O)c1ccc2ncsc2c1. The topological polar surface area (TPSA) is 164 Å². The molecule has 2 heterocycles. The van der Waals surface area contributed by atoms with Crippen molar-refractivity contribution in [2.75, 3.05) is 24.6 Å². The van der Waals surface area contributed by atoms with Crippen LogP contribution in [-0.2, 0) is 31.1 Å². The van der Waals surface area contributed by atoms with Crippen LogP contribution in [0, 0.1) is 11.8 Å². The molecule has 3 atom stereocenters. The molecule has 0 saturated carbocycles. The second-order valence-electron chi connectivity index (χ2n) is 11.7. The van der Waals surface area contributed by atoms with Gasteiger partial charge >= 0.3 is 0 Å². The minimum atomic E-state index is -4.05. The number of carbonyl (C=O) groups excluding carboxylic acids is 2. The maximum atomic E-state index is 13.8. The molecule has 4 rings (SSSR count). The Morgan fingerprint density at radius 3 is 2.39 bits per heavy atom. The summed E-state index contributed by atoms with van der Waals surface area (Å²) in [6, 6.07) is 15.8. The summed E-state index contributed by atoms with van der Waals surface area (Å²) in [4.78, 5) is 34.0. The molecule has 1 unspecified atom stereocenters. The Bertz CT molecular complexity index is 1850. The van der Waals surface area contributed by atoms with Gasteiger partial charge in [0.15, 0.2) is 15.6 Å². The van der Waals surface area contributed by atoms with Crippen LogP contribution >= 0.6 is 11.3 Å². The van der Waals surface area contributed by atoms with E-state index in [1.165, 1.54) is 53.2 Å². The Morgan fingerprint density at radius 1 is 0.978 bits per heavy atom. The molecule has 2 aromatic carbocycles. The number of nitrogens with one attached hydrogen (secondary N) is 1. The zero-order chi connectivity index (χ0) is 33.5. The number of Topliss-reactive ketones (excluding diaryl/α,β-unsaturated/α-hetero) is 1. The van der Waals surface area contributed by atoms with Crippen LogP contribution in [0.3, 0.4) is 0 Å². The van der Waals surface area contributed by atoms with Crippen molar-refractivity contribution in [1.29, 1.82) is 0 Å². The number of benzene rings is 2. The van der Waals surface area contributed by atoms with E-state index < -0.39 is 61.1 Å². The van der Waals surface area contributed by atoms with E-state index in [4.69, 9.17) is 0 Å². The molecule has 46 heavy (non-hydrogen) atoms. The number of ketones is 1. The normalized spacial score (nSPS) is 14.3. The average molecular weight is 687 g/mol. The fraction of sp³-hybridized carbons (Fsp3) is 0.375. The number of sulfone groups is 1. The predicted molar refractivity (Wildman–Crippen MR) is 178 cm³/mol. The zero-order valence-electron chi connectivity index (χ0n) is 25.8. The van der Waals surface area contributed by atoms with Crippen LogP contribution in [0.2, 0.25) is 0 Å². The largest absolute Gasteiger partial charge is 0.390 e. The van der Waals surface area contributed by atoms with E-state index in [1.807, 2.05) is 32.0 Å². The number of rotatable bonds is 16. The molecule has 1 amide bonds. The molecule has 4 aromatic rings. The number of aliphatic hydroxyl groups excluding tert-OH is 1. The van der Waals surface area contributed by atoms with E-state index in [9.17, 15) is 31.5 Å². The van der Waals surface area contributed by atoms with Gasteiger partial charge < -0.3 is 10.4 Å². The maximum Gasteiger partial charge on any atom is 0.243 e. The smallest absolute Gasteiger partial charge is 0.243 e. The standard InChI is InChI=1S/C32H38N4O7S3/c1-22(2)17-36(46(42,43)26-11-12-27-31(15-26)44-21-34-27)18-29(37)28(14-24-8-5-4-6-9-24)35-32(39)23(3)19-45(40,41)20-30(38)25-10-7-13-33-16-25/h4-13,15-16,21-23,28-29,37H,14,17-20H2,1-3H3,(H,35,39)/t23-,28?,29-/m1/s1. The summed E-state index contributed by atoms with van der Waals surface area (Å²) in [5, 5.41) is 14.3. The van der Waals surface area contributed by atoms with E-state index in [0.29, 0.717) is 10.2 Å². The predicted octanol–water partition coefficient (Wildman–Crippen LogP) is 3.36. The molecule has 0 aliphatic carbocycles. The molecular formula is C32H38N4O7S3. The van der Waals surface area contributed by atoms with Gasteiger partial charge in [0.2, 0.25) is 15.9 Å². The van der Waals surface area contributed by atoms with E-state index >= 15 is 0 Å². The molecule has 14 heteroatoms. The van der Waals surface area contributed by atoms with E-state index in [2.05, 4.69) is 15.3 Å². The first-order valence-corrected chi connectivity index (χ1v) is 18.9. The highest BCUT2D eigenvalue weighted by atomic mass is 32.2. The number of nitrogens with zero attached hydrogens (tertiary/aromatic N) is 3. The number of hydrogen-bond donors (Lipinski definition) is 2. The second kappa shape index (κ2) is 15.4. The summed E-state index contributed by atoms with van der Waals surface area (Å²) in [6.07, 6.45) is 1.57. The van der Waals surface area contributed by atoms with Crippen molar-refractivity contribution in [3.63, 3.8) is 0 Å². The third kappa shape index (κ3) is 9.48. The van der Waals surface area contributed by atoms with Gasteiger partial charge in [-0.3, -0.25) is 14.6 Å². The van der Waals surface area contributed by atoms with Crippen LogP contribution in [0.1, 0.15) is 36.7 Å². The third-order valence-electron chi connectivity index (χ3n) is 7.28. The number of fused-ring (bicyclic) bond motifs is 1. The summed E-state index contributed by atoms with van der Waals surface area (Å²) < 4.78 is 55.3. The Balaban J connectivity index is 1.52. The summed E-state index contributed by atoms with van der Waals surface area (Å²) in [6.45, 7) is 4.97. The van der Waals surface area contributed by atoms with Crippen LogP contribution in [0.5, 0.6) is 0 Å². The molecule has 0 aliphatic rings. The van der Waals surface area contributed by atoms with Crippen LogP contribution < -0.4 is 5.32 Å². The number of hydrogen-bond acceptors (Lipinski definition) is 10. The molecule has 11 nitrogen and oxygen atoms in total. The van der Waals surface area contributed by atoms with Gasteiger partial charge in [-0.15, -0.1) is 11.3 Å². The third-order valence-corrected chi connectivity index (χ3v) is 11.6. The highest BCUT2D eigenvalue weighted by molar-refractivity contribution is 7.92. The highest BCUT2D eigenvalue weighted by Gasteiger charge is 2.33. The van der Waals surface area contributed by atoms with Crippen LogP contribution in [0.15, 0.2) is 83.5 Å². The van der Waals surface area contributed by atoms with E-state index in [-0.39, 0.29) is 35.9 Å². The lowest BCUT2D eigenvalue weighted by atomic mass is 10.00. The van der Waals surface area contributed by atoms with Gasteiger partial charge in [0.25, 0.3) is 0 Å². The molecule has 0 radical (unpaired) electrons.